The molecule has 0 saturated heterocycles. The van der Waals surface area contributed by atoms with Crippen LogP contribution in [0, 0.1) is 6.92 Å². The van der Waals surface area contributed by atoms with Gasteiger partial charge in [0, 0.05) is 17.7 Å². The van der Waals surface area contributed by atoms with E-state index in [9.17, 15) is 0 Å². The average Bonchev–Trinajstić information content (AvgIpc) is 2.80. The summed E-state index contributed by atoms with van der Waals surface area (Å²) in [5.74, 6) is 1.09. The van der Waals surface area contributed by atoms with Gasteiger partial charge in [-0.3, -0.25) is 0 Å². The minimum Gasteiger partial charge on any atom is -0.346 e. The zero-order valence-corrected chi connectivity index (χ0v) is 12.1. The Morgan fingerprint density at radius 3 is 2.58 bits per heavy atom. The van der Waals surface area contributed by atoms with Crippen molar-refractivity contribution in [2.75, 3.05) is 13.6 Å². The van der Waals surface area contributed by atoms with Crippen molar-refractivity contribution in [1.29, 1.82) is 0 Å². The Bertz CT molecular complexity index is 511. The molecule has 0 aliphatic heterocycles. The second kappa shape index (κ2) is 6.53. The predicted molar refractivity (Wildman–Crippen MR) is 80.4 cm³/mol. The molecule has 0 radical (unpaired) electrons. The van der Waals surface area contributed by atoms with Crippen molar-refractivity contribution in [3.05, 3.63) is 41.3 Å². The first-order valence-corrected chi connectivity index (χ1v) is 7.04. The van der Waals surface area contributed by atoms with Crippen LogP contribution in [0.1, 0.15) is 30.4 Å². The molecule has 0 unspecified atom stereocenters. The highest BCUT2D eigenvalue weighted by Gasteiger charge is 2.08. The van der Waals surface area contributed by atoms with Crippen LogP contribution < -0.4 is 5.32 Å². The topological polar surface area (TPSA) is 40.7 Å². The zero-order valence-electron chi connectivity index (χ0n) is 12.1. The molecule has 1 aromatic carbocycles. The average molecular weight is 257 g/mol. The molecule has 0 atom stereocenters. The van der Waals surface area contributed by atoms with Crippen LogP contribution in [0.4, 0.5) is 0 Å². The number of imidazole rings is 1. The van der Waals surface area contributed by atoms with Crippen molar-refractivity contribution in [3.63, 3.8) is 0 Å². The second-order valence-corrected chi connectivity index (χ2v) is 4.91. The van der Waals surface area contributed by atoms with Crippen LogP contribution >= 0.6 is 0 Å². The number of aryl methyl sites for hydroxylation is 3. The number of aromatic amines is 1. The lowest BCUT2D eigenvalue weighted by molar-refractivity contribution is 0.707. The molecule has 3 nitrogen and oxygen atoms in total. The van der Waals surface area contributed by atoms with Crippen LogP contribution in [-0.4, -0.2) is 23.6 Å². The number of rotatable bonds is 6. The third kappa shape index (κ3) is 3.44. The highest BCUT2D eigenvalue weighted by Crippen LogP contribution is 2.22. The smallest absolute Gasteiger partial charge is 0.107 e. The Labute approximate surface area is 115 Å². The summed E-state index contributed by atoms with van der Waals surface area (Å²) in [6.45, 7) is 5.30. The van der Waals surface area contributed by atoms with Crippen molar-refractivity contribution in [2.45, 2.75) is 33.1 Å². The van der Waals surface area contributed by atoms with E-state index in [-0.39, 0.29) is 0 Å². The summed E-state index contributed by atoms with van der Waals surface area (Å²) >= 11 is 0. The number of hydrogen-bond acceptors (Lipinski definition) is 2. The fourth-order valence-electron chi connectivity index (χ4n) is 2.25. The quantitative estimate of drug-likeness (QED) is 0.781. The van der Waals surface area contributed by atoms with E-state index < -0.39 is 0 Å². The Balaban J connectivity index is 2.14. The number of aromatic nitrogens is 2. The molecule has 3 heteroatoms. The SMILES string of the molecule is CCc1ccc(-c2nc(CCCNC)[nH]c2C)cc1. The summed E-state index contributed by atoms with van der Waals surface area (Å²) in [7, 11) is 1.98. The lowest BCUT2D eigenvalue weighted by Gasteiger charge is -2.00. The minimum absolute atomic E-state index is 0.995. The van der Waals surface area contributed by atoms with Gasteiger partial charge in [0.05, 0.1) is 5.69 Å². The second-order valence-electron chi connectivity index (χ2n) is 4.91. The van der Waals surface area contributed by atoms with Crippen LogP contribution in [-0.2, 0) is 12.8 Å². The highest BCUT2D eigenvalue weighted by molar-refractivity contribution is 5.62. The molecular weight excluding hydrogens is 234 g/mol. The van der Waals surface area contributed by atoms with Crippen molar-refractivity contribution in [1.82, 2.24) is 15.3 Å². The van der Waals surface area contributed by atoms with Gasteiger partial charge in [-0.05, 0) is 38.9 Å². The van der Waals surface area contributed by atoms with E-state index in [0.717, 1.165) is 43.0 Å². The summed E-state index contributed by atoms with van der Waals surface area (Å²) in [5, 5.41) is 3.16. The third-order valence-electron chi connectivity index (χ3n) is 3.41. The third-order valence-corrected chi connectivity index (χ3v) is 3.41. The maximum absolute atomic E-state index is 4.72. The normalized spacial score (nSPS) is 10.9. The number of nitrogens with zero attached hydrogens (tertiary/aromatic N) is 1. The number of H-pyrrole nitrogens is 1. The van der Waals surface area contributed by atoms with Gasteiger partial charge in [-0.15, -0.1) is 0 Å². The molecule has 2 aromatic rings. The van der Waals surface area contributed by atoms with Crippen molar-refractivity contribution >= 4 is 0 Å². The Hall–Kier alpha value is -1.61. The molecule has 0 fully saturated rings. The summed E-state index contributed by atoms with van der Waals surface area (Å²) in [4.78, 5) is 8.12. The molecule has 1 aromatic heterocycles. The maximum Gasteiger partial charge on any atom is 0.107 e. The van der Waals surface area contributed by atoms with E-state index >= 15 is 0 Å². The molecule has 0 aliphatic carbocycles. The Morgan fingerprint density at radius 2 is 1.95 bits per heavy atom. The molecule has 102 valence electrons. The van der Waals surface area contributed by atoms with E-state index in [1.807, 2.05) is 7.05 Å². The summed E-state index contributed by atoms with van der Waals surface area (Å²) in [6.07, 6.45) is 3.18. The molecule has 19 heavy (non-hydrogen) atoms. The van der Waals surface area contributed by atoms with Gasteiger partial charge in [0.1, 0.15) is 5.82 Å². The molecule has 1 heterocycles. The molecule has 2 rings (SSSR count). The van der Waals surface area contributed by atoms with E-state index in [2.05, 4.69) is 48.4 Å². The van der Waals surface area contributed by atoms with E-state index in [1.165, 1.54) is 11.1 Å². The predicted octanol–water partition coefficient (Wildman–Crippen LogP) is 3.10. The van der Waals surface area contributed by atoms with Gasteiger partial charge >= 0.3 is 0 Å². The van der Waals surface area contributed by atoms with E-state index in [4.69, 9.17) is 4.98 Å². The summed E-state index contributed by atoms with van der Waals surface area (Å²) in [5.41, 5.74) is 4.81. The van der Waals surface area contributed by atoms with Crippen LogP contribution in [0.5, 0.6) is 0 Å². The molecule has 0 bridgehead atoms. The standard InChI is InChI=1S/C16H23N3/c1-4-13-7-9-14(10-8-13)16-12(2)18-15(19-16)6-5-11-17-3/h7-10,17H,4-6,11H2,1-3H3,(H,18,19). The minimum atomic E-state index is 0.995. The first-order chi connectivity index (χ1) is 9.24. The molecule has 0 saturated carbocycles. The van der Waals surface area contributed by atoms with Gasteiger partial charge in [0.15, 0.2) is 0 Å². The van der Waals surface area contributed by atoms with Gasteiger partial charge in [-0.25, -0.2) is 4.98 Å². The van der Waals surface area contributed by atoms with Crippen LogP contribution in [0.2, 0.25) is 0 Å². The first kappa shape index (κ1) is 13.8. The van der Waals surface area contributed by atoms with Crippen LogP contribution in [0.25, 0.3) is 11.3 Å². The zero-order chi connectivity index (χ0) is 13.7. The monoisotopic (exact) mass is 257 g/mol. The number of benzene rings is 1. The largest absolute Gasteiger partial charge is 0.346 e. The van der Waals surface area contributed by atoms with Crippen molar-refractivity contribution in [3.8, 4) is 11.3 Å². The molecule has 0 aliphatic rings. The van der Waals surface area contributed by atoms with Crippen molar-refractivity contribution < 1.29 is 0 Å². The van der Waals surface area contributed by atoms with Gasteiger partial charge < -0.3 is 10.3 Å². The lowest BCUT2D eigenvalue weighted by atomic mass is 10.1. The van der Waals surface area contributed by atoms with Gasteiger partial charge in [0.2, 0.25) is 0 Å². The van der Waals surface area contributed by atoms with Gasteiger partial charge in [0.25, 0.3) is 0 Å². The van der Waals surface area contributed by atoms with E-state index in [0.29, 0.717) is 0 Å². The fraction of sp³-hybridized carbons (Fsp3) is 0.438. The molecule has 0 amide bonds. The molecule has 0 spiro atoms. The van der Waals surface area contributed by atoms with Crippen LogP contribution in [0.3, 0.4) is 0 Å². The number of hydrogen-bond donors (Lipinski definition) is 2. The Kier molecular flexibility index (Phi) is 4.74. The van der Waals surface area contributed by atoms with Crippen molar-refractivity contribution in [2.24, 2.45) is 0 Å². The highest BCUT2D eigenvalue weighted by atomic mass is 14.9. The first-order valence-electron chi connectivity index (χ1n) is 7.04. The van der Waals surface area contributed by atoms with Crippen LogP contribution in [0.15, 0.2) is 24.3 Å². The summed E-state index contributed by atoms with van der Waals surface area (Å²) < 4.78 is 0. The fourth-order valence-corrected chi connectivity index (χ4v) is 2.25. The van der Waals surface area contributed by atoms with E-state index in [1.54, 1.807) is 0 Å². The molecular formula is C16H23N3. The summed E-state index contributed by atoms with van der Waals surface area (Å²) in [6, 6.07) is 8.70. The maximum atomic E-state index is 4.72. The Morgan fingerprint density at radius 1 is 1.21 bits per heavy atom. The molecule has 2 N–H and O–H groups in total. The lowest BCUT2D eigenvalue weighted by Crippen LogP contribution is -2.08. The number of nitrogens with one attached hydrogen (secondary N) is 2. The van der Waals surface area contributed by atoms with Gasteiger partial charge in [-0.1, -0.05) is 31.2 Å². The van der Waals surface area contributed by atoms with Gasteiger partial charge in [-0.2, -0.15) is 0 Å².